The Morgan fingerprint density at radius 1 is 1.25 bits per heavy atom. The molecule has 0 aliphatic rings. The summed E-state index contributed by atoms with van der Waals surface area (Å²) in [6, 6.07) is 11.1. The summed E-state index contributed by atoms with van der Waals surface area (Å²) in [5, 5.41) is 2.83. The number of anilines is 1. The number of hydrogen-bond donors (Lipinski definition) is 1. The standard InChI is InChI=1S/C18H17BrN2O3/c1-10-4-6-16(14(19)8-10)23-11(2)18(22)21-13-5-7-17-15(9-13)20-12(3)24-17/h4-9,11H,1-3H3,(H,21,22). The van der Waals surface area contributed by atoms with Crippen LogP contribution in [-0.2, 0) is 4.79 Å². The van der Waals surface area contributed by atoms with Gasteiger partial charge in [0.1, 0.15) is 11.3 Å². The molecular formula is C18H17BrN2O3. The fraction of sp³-hybridized carbons (Fsp3) is 0.222. The number of nitrogens with one attached hydrogen (secondary N) is 1. The molecule has 0 aliphatic carbocycles. The van der Waals surface area contributed by atoms with Crippen LogP contribution < -0.4 is 10.1 Å². The van der Waals surface area contributed by atoms with E-state index in [1.165, 1.54) is 0 Å². The van der Waals surface area contributed by atoms with E-state index in [2.05, 4.69) is 26.2 Å². The van der Waals surface area contributed by atoms with E-state index in [9.17, 15) is 4.79 Å². The summed E-state index contributed by atoms with van der Waals surface area (Å²) in [6.45, 7) is 5.49. The van der Waals surface area contributed by atoms with E-state index < -0.39 is 6.10 Å². The summed E-state index contributed by atoms with van der Waals surface area (Å²) >= 11 is 3.45. The van der Waals surface area contributed by atoms with E-state index in [1.807, 2.05) is 25.1 Å². The van der Waals surface area contributed by atoms with Gasteiger partial charge in [-0.25, -0.2) is 4.98 Å². The predicted octanol–water partition coefficient (Wildman–Crippen LogP) is 4.61. The van der Waals surface area contributed by atoms with Gasteiger partial charge >= 0.3 is 0 Å². The van der Waals surface area contributed by atoms with Crippen LogP contribution in [0.15, 0.2) is 45.3 Å². The predicted molar refractivity (Wildman–Crippen MR) is 96.3 cm³/mol. The molecule has 0 saturated carbocycles. The number of ether oxygens (including phenoxy) is 1. The molecule has 1 heterocycles. The maximum Gasteiger partial charge on any atom is 0.265 e. The van der Waals surface area contributed by atoms with Gasteiger partial charge in [0.15, 0.2) is 17.6 Å². The minimum atomic E-state index is -0.640. The minimum Gasteiger partial charge on any atom is -0.480 e. The molecule has 1 unspecified atom stereocenters. The fourth-order valence-corrected chi connectivity index (χ4v) is 2.90. The molecule has 0 aliphatic heterocycles. The molecule has 1 aromatic heterocycles. The average molecular weight is 389 g/mol. The highest BCUT2D eigenvalue weighted by molar-refractivity contribution is 9.10. The van der Waals surface area contributed by atoms with E-state index in [0.717, 1.165) is 10.0 Å². The van der Waals surface area contributed by atoms with Crippen molar-refractivity contribution in [2.75, 3.05) is 5.32 Å². The van der Waals surface area contributed by atoms with E-state index in [-0.39, 0.29) is 5.91 Å². The van der Waals surface area contributed by atoms with Gasteiger partial charge in [0, 0.05) is 12.6 Å². The Bertz CT molecular complexity index is 904. The van der Waals surface area contributed by atoms with Crippen LogP contribution >= 0.6 is 15.9 Å². The number of carbonyl (C=O) groups is 1. The van der Waals surface area contributed by atoms with Crippen molar-refractivity contribution in [1.29, 1.82) is 0 Å². The Kier molecular flexibility index (Phi) is 4.57. The second kappa shape index (κ2) is 6.65. The average Bonchev–Trinajstić information content (AvgIpc) is 2.89. The van der Waals surface area contributed by atoms with E-state index in [1.54, 1.807) is 32.0 Å². The maximum atomic E-state index is 12.3. The van der Waals surface area contributed by atoms with Crippen molar-refractivity contribution in [2.45, 2.75) is 26.9 Å². The first-order valence-corrected chi connectivity index (χ1v) is 8.32. The van der Waals surface area contributed by atoms with Crippen LogP contribution in [0.1, 0.15) is 18.4 Å². The number of halogens is 1. The van der Waals surface area contributed by atoms with Crippen LogP contribution in [0.2, 0.25) is 0 Å². The molecule has 3 aromatic rings. The summed E-state index contributed by atoms with van der Waals surface area (Å²) < 4.78 is 12.0. The summed E-state index contributed by atoms with van der Waals surface area (Å²) in [4.78, 5) is 16.6. The first kappa shape index (κ1) is 16.5. The van der Waals surface area contributed by atoms with Crippen molar-refractivity contribution in [3.63, 3.8) is 0 Å². The Morgan fingerprint density at radius 3 is 2.79 bits per heavy atom. The maximum absolute atomic E-state index is 12.3. The molecule has 0 saturated heterocycles. The second-order valence-electron chi connectivity index (χ2n) is 5.60. The van der Waals surface area contributed by atoms with Gasteiger partial charge in [-0.15, -0.1) is 0 Å². The number of nitrogens with zero attached hydrogens (tertiary/aromatic N) is 1. The molecule has 0 fully saturated rings. The molecule has 0 spiro atoms. The molecule has 2 aromatic carbocycles. The smallest absolute Gasteiger partial charge is 0.265 e. The molecule has 5 nitrogen and oxygen atoms in total. The van der Waals surface area contributed by atoms with Gasteiger partial charge in [-0.05, 0) is 65.7 Å². The monoisotopic (exact) mass is 388 g/mol. The van der Waals surface area contributed by atoms with Crippen molar-refractivity contribution in [3.8, 4) is 5.75 Å². The van der Waals surface area contributed by atoms with Crippen molar-refractivity contribution in [1.82, 2.24) is 4.98 Å². The fourth-order valence-electron chi connectivity index (χ4n) is 2.31. The van der Waals surface area contributed by atoms with Crippen LogP contribution in [0.25, 0.3) is 11.1 Å². The SMILES string of the molecule is Cc1ccc(OC(C)C(=O)Nc2ccc3oc(C)nc3c2)c(Br)c1. The van der Waals surface area contributed by atoms with Gasteiger partial charge in [0.2, 0.25) is 0 Å². The van der Waals surface area contributed by atoms with E-state index in [4.69, 9.17) is 9.15 Å². The zero-order valence-corrected chi connectivity index (χ0v) is 15.2. The van der Waals surface area contributed by atoms with Crippen molar-refractivity contribution in [3.05, 3.63) is 52.3 Å². The molecule has 3 rings (SSSR count). The number of rotatable bonds is 4. The van der Waals surface area contributed by atoms with E-state index in [0.29, 0.717) is 28.4 Å². The third-order valence-electron chi connectivity index (χ3n) is 3.52. The van der Waals surface area contributed by atoms with Crippen LogP contribution in [-0.4, -0.2) is 17.0 Å². The first-order chi connectivity index (χ1) is 11.4. The van der Waals surface area contributed by atoms with Gasteiger partial charge in [-0.1, -0.05) is 6.07 Å². The molecule has 1 N–H and O–H groups in total. The molecule has 0 radical (unpaired) electrons. The summed E-state index contributed by atoms with van der Waals surface area (Å²) in [7, 11) is 0. The van der Waals surface area contributed by atoms with Crippen molar-refractivity contribution < 1.29 is 13.9 Å². The third kappa shape index (κ3) is 3.59. The highest BCUT2D eigenvalue weighted by atomic mass is 79.9. The van der Waals surface area contributed by atoms with Crippen LogP contribution in [0, 0.1) is 13.8 Å². The number of fused-ring (bicyclic) bond motifs is 1. The lowest BCUT2D eigenvalue weighted by Gasteiger charge is -2.16. The zero-order valence-electron chi connectivity index (χ0n) is 13.6. The third-order valence-corrected chi connectivity index (χ3v) is 4.14. The lowest BCUT2D eigenvalue weighted by Crippen LogP contribution is -2.30. The number of aryl methyl sites for hydroxylation is 2. The molecule has 1 atom stereocenters. The zero-order chi connectivity index (χ0) is 17.3. The first-order valence-electron chi connectivity index (χ1n) is 7.53. The molecule has 0 bridgehead atoms. The lowest BCUT2D eigenvalue weighted by molar-refractivity contribution is -0.122. The number of carbonyl (C=O) groups excluding carboxylic acids is 1. The van der Waals surface area contributed by atoms with Crippen LogP contribution in [0.4, 0.5) is 5.69 Å². The molecule has 1 amide bonds. The van der Waals surface area contributed by atoms with Crippen LogP contribution in [0.3, 0.4) is 0 Å². The summed E-state index contributed by atoms with van der Waals surface area (Å²) in [6.07, 6.45) is -0.640. The molecule has 124 valence electrons. The summed E-state index contributed by atoms with van der Waals surface area (Å²) in [5.74, 6) is 0.988. The number of hydrogen-bond acceptors (Lipinski definition) is 4. The molecule has 6 heteroatoms. The van der Waals surface area contributed by atoms with Gasteiger partial charge in [-0.3, -0.25) is 4.79 Å². The van der Waals surface area contributed by atoms with Gasteiger partial charge in [-0.2, -0.15) is 0 Å². The largest absolute Gasteiger partial charge is 0.480 e. The highest BCUT2D eigenvalue weighted by Gasteiger charge is 2.17. The normalized spacial score (nSPS) is 12.2. The Hall–Kier alpha value is -2.34. The van der Waals surface area contributed by atoms with E-state index >= 15 is 0 Å². The van der Waals surface area contributed by atoms with Crippen molar-refractivity contribution in [2.24, 2.45) is 0 Å². The topological polar surface area (TPSA) is 64.4 Å². The Morgan fingerprint density at radius 2 is 2.04 bits per heavy atom. The van der Waals surface area contributed by atoms with Crippen molar-refractivity contribution >= 4 is 38.6 Å². The molecular weight excluding hydrogens is 372 g/mol. The quantitative estimate of drug-likeness (QED) is 0.708. The lowest BCUT2D eigenvalue weighted by atomic mass is 10.2. The number of amides is 1. The highest BCUT2D eigenvalue weighted by Crippen LogP contribution is 2.27. The number of benzene rings is 2. The van der Waals surface area contributed by atoms with Gasteiger partial charge in [0.25, 0.3) is 5.91 Å². The minimum absolute atomic E-state index is 0.234. The van der Waals surface area contributed by atoms with Crippen LogP contribution in [0.5, 0.6) is 5.75 Å². The van der Waals surface area contributed by atoms with Gasteiger partial charge < -0.3 is 14.5 Å². The second-order valence-corrected chi connectivity index (χ2v) is 6.45. The Labute approximate surface area is 148 Å². The molecule has 24 heavy (non-hydrogen) atoms. The van der Waals surface area contributed by atoms with Gasteiger partial charge in [0.05, 0.1) is 4.47 Å². The Balaban J connectivity index is 1.70. The number of oxazole rings is 1. The summed E-state index contributed by atoms with van der Waals surface area (Å²) in [5.41, 5.74) is 3.17. The number of aromatic nitrogens is 1.